The molecule has 0 saturated heterocycles. The van der Waals surface area contributed by atoms with Gasteiger partial charge in [-0.15, -0.1) is 0 Å². The lowest BCUT2D eigenvalue weighted by molar-refractivity contribution is 0.581. The SMILES string of the molecule is O=S(=O)(CCNC1CC1)N1CCCc2ccccc21. The van der Waals surface area contributed by atoms with Crippen molar-refractivity contribution in [3.05, 3.63) is 29.8 Å². The molecule has 0 aromatic heterocycles. The first-order valence-corrected chi connectivity index (χ1v) is 8.59. The molecule has 19 heavy (non-hydrogen) atoms. The predicted octanol–water partition coefficient (Wildman–Crippen LogP) is 1.52. The van der Waals surface area contributed by atoms with E-state index < -0.39 is 10.0 Å². The van der Waals surface area contributed by atoms with Crippen LogP contribution in [-0.2, 0) is 16.4 Å². The summed E-state index contributed by atoms with van der Waals surface area (Å²) in [6.07, 6.45) is 4.26. The third kappa shape index (κ3) is 2.92. The van der Waals surface area contributed by atoms with Crippen molar-refractivity contribution in [3.8, 4) is 0 Å². The van der Waals surface area contributed by atoms with E-state index >= 15 is 0 Å². The van der Waals surface area contributed by atoms with Crippen molar-refractivity contribution in [1.29, 1.82) is 0 Å². The molecule has 0 radical (unpaired) electrons. The molecule has 1 fully saturated rings. The van der Waals surface area contributed by atoms with Crippen molar-refractivity contribution in [2.45, 2.75) is 31.7 Å². The highest BCUT2D eigenvalue weighted by Gasteiger charge is 2.28. The molecule has 3 rings (SSSR count). The summed E-state index contributed by atoms with van der Waals surface area (Å²) in [5.41, 5.74) is 2.02. The third-order valence-electron chi connectivity index (χ3n) is 3.77. The molecule has 5 heteroatoms. The Labute approximate surface area is 114 Å². The zero-order valence-corrected chi connectivity index (χ0v) is 11.8. The van der Waals surface area contributed by atoms with Crippen LogP contribution < -0.4 is 9.62 Å². The Morgan fingerprint density at radius 2 is 2.05 bits per heavy atom. The van der Waals surface area contributed by atoms with Crippen LogP contribution in [0.15, 0.2) is 24.3 Å². The van der Waals surface area contributed by atoms with Gasteiger partial charge in [0.25, 0.3) is 0 Å². The van der Waals surface area contributed by atoms with Crippen molar-refractivity contribution in [2.75, 3.05) is 23.1 Å². The fourth-order valence-electron chi connectivity index (χ4n) is 2.58. The van der Waals surface area contributed by atoms with E-state index in [2.05, 4.69) is 5.32 Å². The van der Waals surface area contributed by atoms with E-state index in [4.69, 9.17) is 0 Å². The number of sulfonamides is 1. The molecule has 1 heterocycles. The Hall–Kier alpha value is -1.07. The second-order valence-corrected chi connectivity index (χ2v) is 7.36. The van der Waals surface area contributed by atoms with Crippen molar-refractivity contribution in [3.63, 3.8) is 0 Å². The van der Waals surface area contributed by atoms with E-state index in [0.717, 1.165) is 24.1 Å². The fraction of sp³-hybridized carbons (Fsp3) is 0.571. The number of nitrogens with zero attached hydrogens (tertiary/aromatic N) is 1. The first-order valence-electron chi connectivity index (χ1n) is 6.98. The number of anilines is 1. The van der Waals surface area contributed by atoms with E-state index in [1.165, 1.54) is 12.8 Å². The number of rotatable bonds is 5. The molecule has 1 aromatic carbocycles. The Morgan fingerprint density at radius 1 is 1.26 bits per heavy atom. The molecule has 0 unspecified atom stereocenters. The van der Waals surface area contributed by atoms with Gasteiger partial charge in [0.05, 0.1) is 11.4 Å². The molecule has 2 aliphatic rings. The number of nitrogens with one attached hydrogen (secondary N) is 1. The van der Waals surface area contributed by atoms with Gasteiger partial charge in [0, 0.05) is 19.1 Å². The minimum atomic E-state index is -3.19. The lowest BCUT2D eigenvalue weighted by Crippen LogP contribution is -2.39. The monoisotopic (exact) mass is 280 g/mol. The summed E-state index contributed by atoms with van der Waals surface area (Å²) in [5.74, 6) is 0.192. The van der Waals surface area contributed by atoms with Crippen molar-refractivity contribution >= 4 is 15.7 Å². The summed E-state index contributed by atoms with van der Waals surface area (Å²) in [4.78, 5) is 0. The molecule has 4 nitrogen and oxygen atoms in total. The average molecular weight is 280 g/mol. The summed E-state index contributed by atoms with van der Waals surface area (Å²) in [6.45, 7) is 1.18. The van der Waals surface area contributed by atoms with Crippen LogP contribution in [0, 0.1) is 0 Å². The van der Waals surface area contributed by atoms with Crippen LogP contribution in [0.4, 0.5) is 5.69 Å². The Kier molecular flexibility index (Phi) is 3.50. The maximum Gasteiger partial charge on any atom is 0.236 e. The highest BCUT2D eigenvalue weighted by molar-refractivity contribution is 7.92. The normalized spacial score (nSPS) is 19.3. The van der Waals surface area contributed by atoms with Crippen LogP contribution >= 0.6 is 0 Å². The molecule has 0 bridgehead atoms. The van der Waals surface area contributed by atoms with Gasteiger partial charge in [-0.2, -0.15) is 0 Å². The molecule has 1 aromatic rings. The van der Waals surface area contributed by atoms with Crippen molar-refractivity contribution < 1.29 is 8.42 Å². The molecule has 104 valence electrons. The minimum Gasteiger partial charge on any atom is -0.313 e. The van der Waals surface area contributed by atoms with E-state index in [9.17, 15) is 8.42 Å². The van der Waals surface area contributed by atoms with Gasteiger partial charge in [-0.25, -0.2) is 8.42 Å². The number of hydrogen-bond donors (Lipinski definition) is 1. The van der Waals surface area contributed by atoms with Gasteiger partial charge in [0.1, 0.15) is 0 Å². The Bertz CT molecular complexity index is 552. The first kappa shape index (κ1) is 12.9. The molecule has 0 amide bonds. The van der Waals surface area contributed by atoms with Crippen molar-refractivity contribution in [1.82, 2.24) is 5.32 Å². The van der Waals surface area contributed by atoms with Crippen LogP contribution in [-0.4, -0.2) is 33.3 Å². The van der Waals surface area contributed by atoms with Crippen LogP contribution in [0.2, 0.25) is 0 Å². The van der Waals surface area contributed by atoms with Gasteiger partial charge in [0.2, 0.25) is 10.0 Å². The Balaban J connectivity index is 1.73. The van der Waals surface area contributed by atoms with Crippen LogP contribution in [0.25, 0.3) is 0 Å². The first-order chi connectivity index (χ1) is 9.17. The minimum absolute atomic E-state index is 0.192. The van der Waals surface area contributed by atoms with E-state index in [0.29, 0.717) is 19.1 Å². The summed E-state index contributed by atoms with van der Waals surface area (Å²) >= 11 is 0. The van der Waals surface area contributed by atoms with Gasteiger partial charge < -0.3 is 5.32 Å². The molecule has 1 saturated carbocycles. The highest BCUT2D eigenvalue weighted by Crippen LogP contribution is 2.29. The molecular weight excluding hydrogens is 260 g/mol. The number of aryl methyl sites for hydroxylation is 1. The molecule has 1 aliphatic carbocycles. The number of fused-ring (bicyclic) bond motifs is 1. The van der Waals surface area contributed by atoms with E-state index in [1.54, 1.807) is 4.31 Å². The predicted molar refractivity (Wildman–Crippen MR) is 76.9 cm³/mol. The second kappa shape index (κ2) is 5.13. The lowest BCUT2D eigenvalue weighted by Gasteiger charge is -2.30. The summed E-state index contributed by atoms with van der Waals surface area (Å²) in [5, 5.41) is 3.27. The number of para-hydroxylation sites is 1. The van der Waals surface area contributed by atoms with Crippen molar-refractivity contribution in [2.24, 2.45) is 0 Å². The van der Waals surface area contributed by atoms with Crippen LogP contribution in [0.5, 0.6) is 0 Å². The maximum absolute atomic E-state index is 12.4. The molecule has 1 aliphatic heterocycles. The van der Waals surface area contributed by atoms with E-state index in [-0.39, 0.29) is 5.75 Å². The van der Waals surface area contributed by atoms with Gasteiger partial charge in [-0.3, -0.25) is 4.31 Å². The second-order valence-electron chi connectivity index (χ2n) is 5.35. The number of benzene rings is 1. The standard InChI is InChI=1S/C14H20N2O2S/c17-19(18,11-9-15-13-7-8-13)16-10-3-5-12-4-1-2-6-14(12)16/h1-2,4,6,13,15H,3,5,7-11H2. The summed E-state index contributed by atoms with van der Waals surface area (Å²) in [6, 6.07) is 8.39. The summed E-state index contributed by atoms with van der Waals surface area (Å²) < 4.78 is 26.5. The van der Waals surface area contributed by atoms with Crippen LogP contribution in [0.1, 0.15) is 24.8 Å². The number of hydrogen-bond acceptors (Lipinski definition) is 3. The lowest BCUT2D eigenvalue weighted by atomic mass is 10.0. The average Bonchev–Trinajstić information content (AvgIpc) is 3.22. The van der Waals surface area contributed by atoms with Gasteiger partial charge in [-0.05, 0) is 37.3 Å². The van der Waals surface area contributed by atoms with Gasteiger partial charge in [-0.1, -0.05) is 18.2 Å². The fourth-order valence-corrected chi connectivity index (χ4v) is 4.06. The molecule has 0 spiro atoms. The smallest absolute Gasteiger partial charge is 0.236 e. The third-order valence-corrected chi connectivity index (χ3v) is 5.54. The molecule has 1 N–H and O–H groups in total. The Morgan fingerprint density at radius 3 is 2.84 bits per heavy atom. The molecule has 0 atom stereocenters. The highest BCUT2D eigenvalue weighted by atomic mass is 32.2. The zero-order chi connectivity index (χ0) is 13.3. The topological polar surface area (TPSA) is 49.4 Å². The zero-order valence-electron chi connectivity index (χ0n) is 11.0. The van der Waals surface area contributed by atoms with Gasteiger partial charge in [0.15, 0.2) is 0 Å². The summed E-state index contributed by atoms with van der Waals surface area (Å²) in [7, 11) is -3.19. The largest absolute Gasteiger partial charge is 0.313 e. The quantitative estimate of drug-likeness (QED) is 0.889. The van der Waals surface area contributed by atoms with Gasteiger partial charge >= 0.3 is 0 Å². The molecular formula is C14H20N2O2S. The van der Waals surface area contributed by atoms with Crippen LogP contribution in [0.3, 0.4) is 0 Å². The maximum atomic E-state index is 12.4. The van der Waals surface area contributed by atoms with E-state index in [1.807, 2.05) is 24.3 Å².